The summed E-state index contributed by atoms with van der Waals surface area (Å²) < 4.78 is 27.7. The lowest BCUT2D eigenvalue weighted by molar-refractivity contribution is -0.136. The molecule has 8 atom stereocenters. The van der Waals surface area contributed by atoms with Crippen LogP contribution in [0.2, 0.25) is 0 Å². The van der Waals surface area contributed by atoms with Gasteiger partial charge >= 0.3 is 0 Å². The average molecular weight is 1740 g/mol. The Morgan fingerprint density at radius 3 is 1.22 bits per heavy atom. The van der Waals surface area contributed by atoms with E-state index in [-0.39, 0.29) is 133 Å². The van der Waals surface area contributed by atoms with Crippen molar-refractivity contribution < 1.29 is 47.1 Å². The molecule has 30 nitrogen and oxygen atoms in total. The molecule has 0 bridgehead atoms. The molecule has 0 spiro atoms. The number of amides is 8. The zero-order valence-electron chi connectivity index (χ0n) is 67.2. The van der Waals surface area contributed by atoms with E-state index in [2.05, 4.69) is 15.0 Å². The molecule has 18 rings (SSSR count). The first-order chi connectivity index (χ1) is 59.5. The normalized spacial score (nSPS) is 23.6. The number of carbonyl (C=O) groups is 8. The van der Waals surface area contributed by atoms with Crippen LogP contribution in [0.25, 0.3) is 20.9 Å². The molecular formula is C88H78F2N22O8S4. The van der Waals surface area contributed by atoms with Crippen molar-refractivity contribution in [1.29, 1.82) is 26.3 Å². The maximum absolute atomic E-state index is 13.8. The SMILES string of the molecule is CN1C(=O)C2CN(C(=O)C3CCCCC3)CC2(c2ccc(-c3ccc(F)c(C#N)c3)s2)N=C1N.CN1C(=O)C2CN(C(=O)c3ccc(C#N)cc3)CC2(c2cccs2)N=C1N.CN1C(=O)C2CN(C(=O)c3ccc(C#N)nc3)CC2(c2ccc(-c3ccc(F)c(C#N)c3)s2)N=C1N.CN1C(=O)C2CN(C(=O)c3cccc(C#N)c3)CC2(c2cccs2)N=C1N. The van der Waals surface area contributed by atoms with E-state index < -0.39 is 57.5 Å². The average Bonchev–Trinajstić information content (AvgIpc) is 1.58. The van der Waals surface area contributed by atoms with E-state index in [9.17, 15) is 57.7 Å². The highest BCUT2D eigenvalue weighted by Crippen LogP contribution is 2.52. The fraction of sp³-hybridized carbons (Fsp3) is 0.295. The molecule has 124 heavy (non-hydrogen) atoms. The molecule has 8 unspecified atom stereocenters. The van der Waals surface area contributed by atoms with Gasteiger partial charge in [0.15, 0.2) is 23.8 Å². The summed E-state index contributed by atoms with van der Waals surface area (Å²) in [5.41, 5.74) is 24.1. The first kappa shape index (κ1) is 84.8. The third-order valence-electron chi connectivity index (χ3n) is 24.2. The minimum atomic E-state index is -1.09. The lowest BCUT2D eigenvalue weighted by Crippen LogP contribution is -2.54. The van der Waals surface area contributed by atoms with Crippen molar-refractivity contribution in [3.63, 3.8) is 0 Å². The molecule has 4 saturated heterocycles. The van der Waals surface area contributed by atoms with E-state index in [4.69, 9.17) is 48.7 Å². The van der Waals surface area contributed by atoms with E-state index in [1.807, 2.05) is 89.6 Å². The molecular weight excluding hydrogens is 1660 g/mol. The van der Waals surface area contributed by atoms with Crippen molar-refractivity contribution in [2.24, 2.45) is 72.5 Å². The van der Waals surface area contributed by atoms with Crippen LogP contribution >= 0.6 is 45.3 Å². The second-order valence-corrected chi connectivity index (χ2v) is 35.4. The summed E-state index contributed by atoms with van der Waals surface area (Å²) in [5.74, 6) is -4.11. The summed E-state index contributed by atoms with van der Waals surface area (Å²) in [6, 6.07) is 49.6. The zero-order chi connectivity index (χ0) is 88.0. The first-order valence-corrected chi connectivity index (χ1v) is 42.7. The number of guanidine groups is 4. The van der Waals surface area contributed by atoms with E-state index in [0.29, 0.717) is 52.0 Å². The number of aliphatic imine (C=N–C) groups is 4. The summed E-state index contributed by atoms with van der Waals surface area (Å²) in [6.45, 7) is 1.96. The van der Waals surface area contributed by atoms with Gasteiger partial charge in [0.05, 0.1) is 89.8 Å². The number of nitrogens with zero attached hydrogens (tertiary/aromatic N) is 18. The number of halogens is 2. The Balaban J connectivity index is 0.000000129. The van der Waals surface area contributed by atoms with Crippen LogP contribution in [-0.4, -0.2) is 196 Å². The highest BCUT2D eigenvalue weighted by molar-refractivity contribution is 7.16. The minimum Gasteiger partial charge on any atom is -0.369 e. The molecule has 626 valence electrons. The van der Waals surface area contributed by atoms with Crippen molar-refractivity contribution >= 4 is 116 Å². The third kappa shape index (κ3) is 15.3. The van der Waals surface area contributed by atoms with Gasteiger partial charge in [-0.1, -0.05) is 49.6 Å². The van der Waals surface area contributed by atoms with Gasteiger partial charge in [-0.3, -0.25) is 58.0 Å². The Morgan fingerprint density at radius 1 is 0.419 bits per heavy atom. The number of nitriles is 5. The second-order valence-electron chi connectivity index (χ2n) is 31.3. The van der Waals surface area contributed by atoms with Crippen LogP contribution < -0.4 is 22.9 Å². The van der Waals surface area contributed by atoms with E-state index in [1.54, 1.807) is 108 Å². The fourth-order valence-corrected chi connectivity index (χ4v) is 21.7. The van der Waals surface area contributed by atoms with E-state index in [0.717, 1.165) is 61.4 Å². The number of likely N-dealkylation sites (tertiary alicyclic amines) is 4. The molecule has 36 heteroatoms. The van der Waals surface area contributed by atoms with Gasteiger partial charge in [-0.05, 0) is 150 Å². The first-order valence-electron chi connectivity index (χ1n) is 39.3. The molecule has 0 radical (unpaired) electrons. The Bertz CT molecular complexity index is 6190. The summed E-state index contributed by atoms with van der Waals surface area (Å²) in [7, 11) is 6.35. The molecule has 9 aromatic rings. The molecule has 5 fully saturated rings. The predicted octanol–water partition coefficient (Wildman–Crippen LogP) is 8.64. The maximum atomic E-state index is 13.8. The molecule has 8 amide bonds. The second kappa shape index (κ2) is 34.0. The summed E-state index contributed by atoms with van der Waals surface area (Å²) in [6.07, 6.45) is 6.40. The molecule has 13 heterocycles. The minimum absolute atomic E-state index is 0.00243. The molecule has 8 aliphatic heterocycles. The van der Waals surface area contributed by atoms with Gasteiger partial charge in [-0.2, -0.15) is 26.3 Å². The van der Waals surface area contributed by atoms with Crippen molar-refractivity contribution in [1.82, 2.24) is 44.2 Å². The lowest BCUT2D eigenvalue weighted by atomic mass is 9.84. The molecule has 4 aromatic carbocycles. The van der Waals surface area contributed by atoms with Gasteiger partial charge < -0.3 is 42.5 Å². The molecule has 8 N–H and O–H groups in total. The van der Waals surface area contributed by atoms with Crippen molar-refractivity contribution in [2.75, 3.05) is 80.5 Å². The Hall–Kier alpha value is -14.2. The van der Waals surface area contributed by atoms with Gasteiger partial charge in [0.25, 0.3) is 17.7 Å². The van der Waals surface area contributed by atoms with Crippen molar-refractivity contribution in [3.8, 4) is 51.2 Å². The number of benzene rings is 4. The summed E-state index contributed by atoms with van der Waals surface area (Å²) in [5, 5.41) is 49.2. The topological polar surface area (TPSA) is 448 Å². The Morgan fingerprint density at radius 2 is 0.823 bits per heavy atom. The van der Waals surface area contributed by atoms with Gasteiger partial charge in [-0.15, -0.1) is 45.3 Å². The molecule has 1 saturated carbocycles. The van der Waals surface area contributed by atoms with E-state index in [1.165, 1.54) is 108 Å². The van der Waals surface area contributed by atoms with Crippen LogP contribution in [0.4, 0.5) is 8.78 Å². The van der Waals surface area contributed by atoms with Crippen LogP contribution in [0.1, 0.15) is 111 Å². The number of pyridine rings is 1. The number of nitrogens with two attached hydrogens (primary N) is 4. The molecule has 5 aromatic heterocycles. The van der Waals surface area contributed by atoms with Gasteiger partial charge in [-0.25, -0.2) is 33.7 Å². The van der Waals surface area contributed by atoms with Crippen LogP contribution in [0.5, 0.6) is 0 Å². The largest absolute Gasteiger partial charge is 0.369 e. The van der Waals surface area contributed by atoms with Gasteiger partial charge in [0.2, 0.25) is 29.5 Å². The predicted molar refractivity (Wildman–Crippen MR) is 458 cm³/mol. The number of fused-ring (bicyclic) bond motifs is 4. The van der Waals surface area contributed by atoms with Crippen LogP contribution in [-0.2, 0) is 46.1 Å². The van der Waals surface area contributed by atoms with Crippen molar-refractivity contribution in [2.45, 2.75) is 54.3 Å². The number of rotatable bonds is 10. The highest BCUT2D eigenvalue weighted by Gasteiger charge is 2.61. The standard InChI is InChI=1S/C25H18FN7O2S.C25H26FN5O2S.2C19H17N5O2S/c1-32-23(35)18-12-33(22(34)15-2-4-17(10-28)30-11-15)13-25(18,31-24(32)29)21-7-6-20(36-21)14-3-5-19(26)16(8-14)9-27;1-30-23(33)18-13-31(22(32)15-5-3-2-4-6-15)14-25(18,29-24(30)28)21-10-9-20(34-21)16-7-8-19(26)17(11-16)12-27;1-23-17(26)14-10-24(16(25)13-5-2-4-12(8-13)9-20)11-19(14,22-18(23)21)15-6-3-7-27-15;1-23-17(26)14-10-24(16(25)13-6-4-12(9-20)5-7-13)11-19(14,22-18(23)21)15-3-2-8-27-15/h2-8,11,18H,12-13H2,1H3,(H2,29,31);7-11,15,18H,2-6,13-14H2,1H3,(H2,28,29);2*2-8,14H,10-11H2,1H3,(H2,21,22). The molecule has 9 aliphatic rings. The van der Waals surface area contributed by atoms with Crippen LogP contribution in [0.3, 0.4) is 0 Å². The van der Waals surface area contributed by atoms with Gasteiger partial charge in [0.1, 0.15) is 57.7 Å². The van der Waals surface area contributed by atoms with Crippen LogP contribution in [0.15, 0.2) is 183 Å². The van der Waals surface area contributed by atoms with Crippen molar-refractivity contribution in [3.05, 3.63) is 238 Å². The number of aromatic nitrogens is 1. The number of hydrogen-bond acceptors (Lipinski definition) is 26. The summed E-state index contributed by atoms with van der Waals surface area (Å²) in [4.78, 5) is 145. The fourth-order valence-electron chi connectivity index (χ4n) is 17.5. The number of thiophene rings is 4. The summed E-state index contributed by atoms with van der Waals surface area (Å²) >= 11 is 5.80. The molecule has 1 aliphatic carbocycles. The Labute approximate surface area is 726 Å². The number of hydrogen-bond donors (Lipinski definition) is 4. The lowest BCUT2D eigenvalue weighted by Gasteiger charge is -2.36. The Kier molecular flexibility index (Phi) is 23.2. The maximum Gasteiger partial charge on any atom is 0.255 e. The smallest absolute Gasteiger partial charge is 0.255 e. The zero-order valence-corrected chi connectivity index (χ0v) is 70.4. The van der Waals surface area contributed by atoms with Gasteiger partial charge in [0, 0.05) is 107 Å². The third-order valence-corrected chi connectivity index (χ3v) is 28.9. The van der Waals surface area contributed by atoms with E-state index >= 15 is 0 Å². The highest BCUT2D eigenvalue weighted by atomic mass is 32.1. The monoisotopic (exact) mass is 1740 g/mol. The van der Waals surface area contributed by atoms with Crippen LogP contribution in [0, 0.1) is 97.9 Å². The quantitative estimate of drug-likeness (QED) is 0.0994. The number of carbonyl (C=O) groups excluding carboxylic acids is 8.